The molecule has 0 heterocycles. The zero-order valence-corrected chi connectivity index (χ0v) is 9.43. The summed E-state index contributed by atoms with van der Waals surface area (Å²) in [5.74, 6) is 0.424. The van der Waals surface area contributed by atoms with E-state index >= 15 is 0 Å². The predicted octanol–water partition coefficient (Wildman–Crippen LogP) is 3.61. The predicted molar refractivity (Wildman–Crippen MR) is 60.8 cm³/mol. The van der Waals surface area contributed by atoms with Crippen molar-refractivity contribution in [1.29, 1.82) is 0 Å². The molecule has 0 bridgehead atoms. The van der Waals surface area contributed by atoms with E-state index in [1.165, 1.54) is 36.0 Å². The monoisotopic (exact) mass is 192 g/mol. The number of aryl methyl sites for hydroxylation is 2. The van der Waals surface area contributed by atoms with E-state index in [9.17, 15) is 5.11 Å². The number of phenols is 1. The molecule has 78 valence electrons. The average Bonchev–Trinajstić information content (AvgIpc) is 2.20. The lowest BCUT2D eigenvalue weighted by Gasteiger charge is -2.17. The normalized spacial score (nSPS) is 13.9. The lowest BCUT2D eigenvalue weighted by Crippen LogP contribution is -2.04. The molecule has 1 aromatic rings. The van der Waals surface area contributed by atoms with Crippen LogP contribution < -0.4 is 0 Å². The summed E-state index contributed by atoms with van der Waals surface area (Å²) in [6, 6.07) is 3.78. The first-order valence-electron chi connectivity index (χ1n) is 5.59. The van der Waals surface area contributed by atoms with Gasteiger partial charge in [-0.05, 0) is 61.4 Å². The zero-order chi connectivity index (χ0) is 10.6. The standard InChI is InChI=1S/C11H14O.C2H6/c1-8-6-10(12)7-9-4-2-3-5-11(8)9;1-2/h6-7,12H,2-5H2,1H3;1-2H3. The van der Waals surface area contributed by atoms with Crippen molar-refractivity contribution < 1.29 is 5.11 Å². The van der Waals surface area contributed by atoms with Crippen LogP contribution in [0.15, 0.2) is 12.1 Å². The first kappa shape index (κ1) is 11.1. The highest BCUT2D eigenvalue weighted by Crippen LogP contribution is 2.27. The first-order chi connectivity index (χ1) is 6.77. The second-order valence-corrected chi connectivity index (χ2v) is 3.61. The van der Waals surface area contributed by atoms with Crippen LogP contribution in [0.3, 0.4) is 0 Å². The molecule has 0 fully saturated rings. The third kappa shape index (κ3) is 2.28. The number of fused-ring (bicyclic) bond motifs is 1. The molecule has 1 N–H and O–H groups in total. The molecule has 0 unspecified atom stereocenters. The molecule has 0 saturated carbocycles. The van der Waals surface area contributed by atoms with Crippen LogP contribution in [0, 0.1) is 6.92 Å². The minimum absolute atomic E-state index is 0.424. The molecule has 1 aliphatic carbocycles. The molecule has 1 nitrogen and oxygen atoms in total. The molecule has 1 heteroatoms. The number of hydrogen-bond donors (Lipinski definition) is 1. The summed E-state index contributed by atoms with van der Waals surface area (Å²) in [5, 5.41) is 9.37. The third-order valence-electron chi connectivity index (χ3n) is 2.67. The molecule has 0 saturated heterocycles. The average molecular weight is 192 g/mol. The highest BCUT2D eigenvalue weighted by atomic mass is 16.3. The molecular formula is C13H20O. The molecule has 14 heavy (non-hydrogen) atoms. The van der Waals surface area contributed by atoms with Crippen LogP contribution in [0.2, 0.25) is 0 Å². The van der Waals surface area contributed by atoms with Gasteiger partial charge in [0.05, 0.1) is 0 Å². The Labute approximate surface area is 86.8 Å². The fraction of sp³-hybridized carbons (Fsp3) is 0.538. The van der Waals surface area contributed by atoms with E-state index in [4.69, 9.17) is 0 Å². The van der Waals surface area contributed by atoms with Gasteiger partial charge in [0.15, 0.2) is 0 Å². The lowest BCUT2D eigenvalue weighted by atomic mass is 9.88. The van der Waals surface area contributed by atoms with Crippen LogP contribution >= 0.6 is 0 Å². The molecule has 1 aromatic carbocycles. The van der Waals surface area contributed by atoms with Gasteiger partial charge >= 0.3 is 0 Å². The van der Waals surface area contributed by atoms with Crippen LogP contribution in [-0.4, -0.2) is 5.11 Å². The highest BCUT2D eigenvalue weighted by molar-refractivity contribution is 5.42. The van der Waals surface area contributed by atoms with E-state index in [2.05, 4.69) is 6.92 Å². The van der Waals surface area contributed by atoms with E-state index < -0.39 is 0 Å². The molecule has 2 rings (SSSR count). The molecule has 0 amide bonds. The van der Waals surface area contributed by atoms with Crippen LogP contribution in [0.4, 0.5) is 0 Å². The van der Waals surface area contributed by atoms with Crippen LogP contribution in [0.1, 0.15) is 43.4 Å². The van der Waals surface area contributed by atoms with Gasteiger partial charge in [0.2, 0.25) is 0 Å². The van der Waals surface area contributed by atoms with Crippen molar-refractivity contribution in [2.24, 2.45) is 0 Å². The van der Waals surface area contributed by atoms with Crippen molar-refractivity contribution in [1.82, 2.24) is 0 Å². The molecule has 0 aliphatic heterocycles. The van der Waals surface area contributed by atoms with Gasteiger partial charge in [-0.25, -0.2) is 0 Å². The van der Waals surface area contributed by atoms with Crippen LogP contribution in [-0.2, 0) is 12.8 Å². The van der Waals surface area contributed by atoms with Crippen molar-refractivity contribution in [3.8, 4) is 5.75 Å². The molecule has 0 aromatic heterocycles. The highest BCUT2D eigenvalue weighted by Gasteiger charge is 2.11. The maximum absolute atomic E-state index is 9.37. The second-order valence-electron chi connectivity index (χ2n) is 3.61. The van der Waals surface area contributed by atoms with Crippen molar-refractivity contribution in [3.63, 3.8) is 0 Å². The first-order valence-corrected chi connectivity index (χ1v) is 5.59. The Hall–Kier alpha value is -0.980. The minimum atomic E-state index is 0.424. The topological polar surface area (TPSA) is 20.2 Å². The van der Waals surface area contributed by atoms with Gasteiger partial charge < -0.3 is 5.11 Å². The van der Waals surface area contributed by atoms with Gasteiger partial charge in [-0.1, -0.05) is 13.8 Å². The lowest BCUT2D eigenvalue weighted by molar-refractivity contribution is 0.472. The van der Waals surface area contributed by atoms with E-state index in [1.807, 2.05) is 26.0 Å². The van der Waals surface area contributed by atoms with E-state index in [0.717, 1.165) is 6.42 Å². The molecular weight excluding hydrogens is 172 g/mol. The van der Waals surface area contributed by atoms with Crippen LogP contribution in [0.25, 0.3) is 0 Å². The number of aromatic hydroxyl groups is 1. The Morgan fingerprint density at radius 2 is 1.71 bits per heavy atom. The van der Waals surface area contributed by atoms with Gasteiger partial charge in [0, 0.05) is 0 Å². The van der Waals surface area contributed by atoms with Gasteiger partial charge in [-0.3, -0.25) is 0 Å². The van der Waals surface area contributed by atoms with E-state index in [1.54, 1.807) is 0 Å². The molecule has 0 radical (unpaired) electrons. The summed E-state index contributed by atoms with van der Waals surface area (Å²) in [5.41, 5.74) is 4.09. The van der Waals surface area contributed by atoms with Crippen molar-refractivity contribution >= 4 is 0 Å². The van der Waals surface area contributed by atoms with Crippen molar-refractivity contribution in [2.45, 2.75) is 46.5 Å². The summed E-state index contributed by atoms with van der Waals surface area (Å²) in [6.07, 6.45) is 4.92. The third-order valence-corrected chi connectivity index (χ3v) is 2.67. The molecule has 1 aliphatic rings. The summed E-state index contributed by atoms with van der Waals surface area (Å²) >= 11 is 0. The number of benzene rings is 1. The quantitative estimate of drug-likeness (QED) is 0.665. The zero-order valence-electron chi connectivity index (χ0n) is 9.43. The maximum atomic E-state index is 9.37. The summed E-state index contributed by atoms with van der Waals surface area (Å²) < 4.78 is 0. The maximum Gasteiger partial charge on any atom is 0.116 e. The van der Waals surface area contributed by atoms with Gasteiger partial charge in [0.25, 0.3) is 0 Å². The smallest absolute Gasteiger partial charge is 0.116 e. The Balaban J connectivity index is 0.000000461. The number of phenolic OH excluding ortho intramolecular Hbond substituents is 1. The largest absolute Gasteiger partial charge is 0.508 e. The number of hydrogen-bond acceptors (Lipinski definition) is 1. The summed E-state index contributed by atoms with van der Waals surface area (Å²) in [7, 11) is 0. The summed E-state index contributed by atoms with van der Waals surface area (Å²) in [4.78, 5) is 0. The van der Waals surface area contributed by atoms with E-state index in [0.29, 0.717) is 5.75 Å². The Bertz CT molecular complexity index is 302. The van der Waals surface area contributed by atoms with Gasteiger partial charge in [0.1, 0.15) is 5.75 Å². The Morgan fingerprint density at radius 1 is 1.07 bits per heavy atom. The Kier molecular flexibility index (Phi) is 3.99. The van der Waals surface area contributed by atoms with Crippen molar-refractivity contribution in [2.75, 3.05) is 0 Å². The van der Waals surface area contributed by atoms with Crippen LogP contribution in [0.5, 0.6) is 5.75 Å². The fourth-order valence-electron chi connectivity index (χ4n) is 2.07. The van der Waals surface area contributed by atoms with Gasteiger partial charge in [-0.15, -0.1) is 0 Å². The van der Waals surface area contributed by atoms with Crippen molar-refractivity contribution in [3.05, 3.63) is 28.8 Å². The SMILES string of the molecule is CC.Cc1cc(O)cc2c1CCCC2. The minimum Gasteiger partial charge on any atom is -0.508 e. The second kappa shape index (κ2) is 5.04. The molecule has 0 spiro atoms. The summed E-state index contributed by atoms with van der Waals surface area (Å²) in [6.45, 7) is 6.09. The number of rotatable bonds is 0. The van der Waals surface area contributed by atoms with E-state index in [-0.39, 0.29) is 0 Å². The molecule has 0 atom stereocenters. The fourth-order valence-corrected chi connectivity index (χ4v) is 2.07. The Morgan fingerprint density at radius 3 is 2.43 bits per heavy atom. The van der Waals surface area contributed by atoms with Gasteiger partial charge in [-0.2, -0.15) is 0 Å².